The second-order valence-electron chi connectivity index (χ2n) is 5.01. The summed E-state index contributed by atoms with van der Waals surface area (Å²) < 4.78 is 34.5. The van der Waals surface area contributed by atoms with Gasteiger partial charge in [0.15, 0.2) is 0 Å². The maximum absolute atomic E-state index is 12.9. The molecule has 0 aromatic carbocycles. The van der Waals surface area contributed by atoms with E-state index in [0.717, 1.165) is 0 Å². The molecule has 0 aliphatic carbocycles. The number of sulfonamides is 1. The van der Waals surface area contributed by atoms with Gasteiger partial charge in [-0.2, -0.15) is 4.31 Å². The van der Waals surface area contributed by atoms with Crippen LogP contribution in [0.5, 0.6) is 0 Å². The van der Waals surface area contributed by atoms with E-state index in [1.54, 1.807) is 20.2 Å². The van der Waals surface area contributed by atoms with Crippen molar-refractivity contribution >= 4 is 10.0 Å². The van der Waals surface area contributed by atoms with Crippen molar-refractivity contribution in [3.63, 3.8) is 0 Å². The molecule has 0 saturated carbocycles. The normalized spacial score (nSPS) is 16.1. The largest absolute Gasteiger partial charge is 0.465 e. The van der Waals surface area contributed by atoms with Crippen LogP contribution >= 0.6 is 0 Å². The summed E-state index contributed by atoms with van der Waals surface area (Å²) in [6.07, 6.45) is 1.61. The summed E-state index contributed by atoms with van der Waals surface area (Å²) in [5, 5.41) is 7.74. The van der Waals surface area contributed by atoms with Gasteiger partial charge in [-0.15, -0.1) is 10.2 Å². The molecule has 3 rings (SSSR count). The Kier molecular flexibility index (Phi) is 3.34. The molecule has 2 N–H and O–H groups in total. The van der Waals surface area contributed by atoms with Gasteiger partial charge in [0.25, 0.3) is 0 Å². The quantitative estimate of drug-likeness (QED) is 0.864. The van der Waals surface area contributed by atoms with Crippen LogP contribution in [0.3, 0.4) is 0 Å². The lowest BCUT2D eigenvalue weighted by molar-refractivity contribution is 0.334. The van der Waals surface area contributed by atoms with Crippen LogP contribution in [0.4, 0.5) is 0 Å². The lowest BCUT2D eigenvalue weighted by Crippen LogP contribution is -2.38. The van der Waals surface area contributed by atoms with E-state index in [1.807, 2.05) is 4.57 Å². The molecule has 9 heteroatoms. The molecule has 21 heavy (non-hydrogen) atoms. The molecule has 0 bridgehead atoms. The Morgan fingerprint density at radius 2 is 2.10 bits per heavy atom. The number of aryl methyl sites for hydroxylation is 2. The minimum absolute atomic E-state index is 0.127. The molecule has 2 aromatic rings. The second-order valence-corrected chi connectivity index (χ2v) is 6.88. The third kappa shape index (κ3) is 2.17. The van der Waals surface area contributed by atoms with Gasteiger partial charge in [-0.3, -0.25) is 0 Å². The van der Waals surface area contributed by atoms with E-state index < -0.39 is 10.0 Å². The molecule has 1 aliphatic heterocycles. The van der Waals surface area contributed by atoms with Gasteiger partial charge in [-0.05, 0) is 13.8 Å². The van der Waals surface area contributed by atoms with Gasteiger partial charge < -0.3 is 14.7 Å². The molecule has 0 unspecified atom stereocenters. The molecule has 8 nitrogen and oxygen atoms in total. The minimum atomic E-state index is -3.66. The second kappa shape index (κ2) is 4.93. The molecule has 0 saturated heterocycles. The van der Waals surface area contributed by atoms with Crippen LogP contribution in [0, 0.1) is 13.8 Å². The lowest BCUT2D eigenvalue weighted by Gasteiger charge is -2.26. The zero-order chi connectivity index (χ0) is 15.2. The first-order valence-corrected chi connectivity index (χ1v) is 8.05. The predicted molar refractivity (Wildman–Crippen MR) is 73.7 cm³/mol. The zero-order valence-corrected chi connectivity index (χ0v) is 12.7. The molecule has 0 radical (unpaired) electrons. The fourth-order valence-corrected chi connectivity index (χ4v) is 4.47. The highest BCUT2D eigenvalue weighted by atomic mass is 32.2. The van der Waals surface area contributed by atoms with Crippen LogP contribution in [0.2, 0.25) is 0 Å². The van der Waals surface area contributed by atoms with Gasteiger partial charge in [0.1, 0.15) is 28.6 Å². The third-order valence-corrected chi connectivity index (χ3v) is 5.77. The monoisotopic (exact) mass is 311 g/mol. The van der Waals surface area contributed by atoms with Crippen LogP contribution in [0.1, 0.15) is 22.9 Å². The number of hydrogen-bond acceptors (Lipinski definition) is 6. The molecule has 3 heterocycles. The lowest BCUT2D eigenvalue weighted by atomic mass is 10.2. The Balaban J connectivity index is 2.03. The van der Waals surface area contributed by atoms with Gasteiger partial charge in [-0.1, -0.05) is 0 Å². The summed E-state index contributed by atoms with van der Waals surface area (Å²) in [5.74, 6) is 1.56. The standard InChI is InChI=1S/C12H17N5O3S/c1-8-10(5-13)12(9(2)20-8)21(18,19)17-4-3-16-7-14-15-11(16)6-17/h7H,3-6,13H2,1-2H3. The Morgan fingerprint density at radius 3 is 2.81 bits per heavy atom. The molecular formula is C12H17N5O3S. The SMILES string of the molecule is Cc1oc(C)c(S(=O)(=O)N2CCn3cnnc3C2)c1CN. The van der Waals surface area contributed by atoms with Crippen LogP contribution < -0.4 is 5.73 Å². The maximum atomic E-state index is 12.9. The van der Waals surface area contributed by atoms with E-state index in [2.05, 4.69) is 10.2 Å². The highest BCUT2D eigenvalue weighted by Gasteiger charge is 2.34. The third-order valence-electron chi connectivity index (χ3n) is 3.73. The van der Waals surface area contributed by atoms with E-state index in [0.29, 0.717) is 36.0 Å². The Bertz CT molecular complexity index is 777. The summed E-state index contributed by atoms with van der Waals surface area (Å²) in [4.78, 5) is 0.190. The minimum Gasteiger partial charge on any atom is -0.465 e. The fourth-order valence-electron chi connectivity index (χ4n) is 2.66. The average molecular weight is 311 g/mol. The van der Waals surface area contributed by atoms with Gasteiger partial charge in [0.05, 0.1) is 6.54 Å². The number of aromatic nitrogens is 3. The van der Waals surface area contributed by atoms with E-state index in [-0.39, 0.29) is 18.0 Å². The number of nitrogens with zero attached hydrogens (tertiary/aromatic N) is 4. The average Bonchev–Trinajstić information content (AvgIpc) is 3.01. The summed E-state index contributed by atoms with van der Waals surface area (Å²) in [6.45, 7) is 4.61. The molecule has 0 amide bonds. The maximum Gasteiger partial charge on any atom is 0.247 e. The molecule has 114 valence electrons. The molecule has 1 aliphatic rings. The van der Waals surface area contributed by atoms with Gasteiger partial charge in [0, 0.05) is 25.2 Å². The van der Waals surface area contributed by atoms with E-state index in [1.165, 1.54) is 4.31 Å². The first-order chi connectivity index (χ1) is 9.95. The Labute approximate surface area is 122 Å². The van der Waals surface area contributed by atoms with Crippen molar-refractivity contribution in [2.75, 3.05) is 6.54 Å². The molecule has 0 spiro atoms. The number of furan rings is 1. The van der Waals surface area contributed by atoms with E-state index >= 15 is 0 Å². The van der Waals surface area contributed by atoms with Gasteiger partial charge in [0.2, 0.25) is 10.0 Å². The summed E-state index contributed by atoms with van der Waals surface area (Å²) in [6, 6.07) is 0. The fraction of sp³-hybridized carbons (Fsp3) is 0.500. The first-order valence-electron chi connectivity index (χ1n) is 6.61. The number of nitrogens with two attached hydrogens (primary N) is 1. The topological polar surface area (TPSA) is 107 Å². The Hall–Kier alpha value is -1.71. The highest BCUT2D eigenvalue weighted by Crippen LogP contribution is 2.30. The van der Waals surface area contributed by atoms with Crippen molar-refractivity contribution in [1.82, 2.24) is 19.1 Å². The number of fused-ring (bicyclic) bond motifs is 1. The van der Waals surface area contributed by atoms with Crippen LogP contribution in [-0.2, 0) is 29.7 Å². The number of rotatable bonds is 3. The highest BCUT2D eigenvalue weighted by molar-refractivity contribution is 7.89. The molecule has 0 fully saturated rings. The first kappa shape index (κ1) is 14.2. The summed E-state index contributed by atoms with van der Waals surface area (Å²) in [5.41, 5.74) is 6.22. The van der Waals surface area contributed by atoms with Crippen LogP contribution in [-0.4, -0.2) is 34.0 Å². The molecular weight excluding hydrogens is 294 g/mol. The van der Waals surface area contributed by atoms with Crippen molar-refractivity contribution < 1.29 is 12.8 Å². The van der Waals surface area contributed by atoms with Crippen molar-refractivity contribution in [2.24, 2.45) is 5.73 Å². The van der Waals surface area contributed by atoms with Crippen molar-refractivity contribution in [2.45, 2.75) is 38.4 Å². The molecule has 0 atom stereocenters. The van der Waals surface area contributed by atoms with Gasteiger partial charge >= 0.3 is 0 Å². The molecule has 2 aromatic heterocycles. The summed E-state index contributed by atoms with van der Waals surface area (Å²) >= 11 is 0. The summed E-state index contributed by atoms with van der Waals surface area (Å²) in [7, 11) is -3.66. The van der Waals surface area contributed by atoms with E-state index in [9.17, 15) is 8.42 Å². The van der Waals surface area contributed by atoms with Crippen molar-refractivity contribution in [3.05, 3.63) is 29.2 Å². The number of hydrogen-bond donors (Lipinski definition) is 1. The van der Waals surface area contributed by atoms with Gasteiger partial charge in [-0.25, -0.2) is 8.42 Å². The smallest absolute Gasteiger partial charge is 0.247 e. The van der Waals surface area contributed by atoms with Crippen LogP contribution in [0.25, 0.3) is 0 Å². The zero-order valence-electron chi connectivity index (χ0n) is 11.9. The van der Waals surface area contributed by atoms with E-state index in [4.69, 9.17) is 10.2 Å². The van der Waals surface area contributed by atoms with Crippen molar-refractivity contribution in [1.29, 1.82) is 0 Å². The van der Waals surface area contributed by atoms with Crippen molar-refractivity contribution in [3.8, 4) is 0 Å². The van der Waals surface area contributed by atoms with Crippen LogP contribution in [0.15, 0.2) is 15.6 Å². The Morgan fingerprint density at radius 1 is 1.33 bits per heavy atom. The predicted octanol–water partition coefficient (Wildman–Crippen LogP) is 0.151.